The molecular formula is C5H8NNaO2S. The van der Waals surface area contributed by atoms with Crippen molar-refractivity contribution in [1.29, 1.82) is 0 Å². The van der Waals surface area contributed by atoms with Gasteiger partial charge in [0.15, 0.2) is 0 Å². The van der Waals surface area contributed by atoms with Gasteiger partial charge in [0.2, 0.25) is 0 Å². The number of thiocarbonyl (C=S) groups is 1. The van der Waals surface area contributed by atoms with E-state index in [1.807, 2.05) is 6.92 Å². The van der Waals surface area contributed by atoms with E-state index in [0.29, 0.717) is 11.5 Å². The second-order valence-corrected chi connectivity index (χ2v) is 2.00. The van der Waals surface area contributed by atoms with E-state index in [9.17, 15) is 9.90 Å². The number of hydrogen-bond acceptors (Lipinski definition) is 3. The van der Waals surface area contributed by atoms with E-state index >= 15 is 0 Å². The third-order valence-electron chi connectivity index (χ3n) is 0.679. The molecule has 0 fully saturated rings. The molecule has 0 saturated heterocycles. The molecule has 0 atom stereocenters. The van der Waals surface area contributed by atoms with Crippen molar-refractivity contribution in [2.45, 2.75) is 13.3 Å². The Morgan fingerprint density at radius 1 is 1.70 bits per heavy atom. The predicted octanol–water partition coefficient (Wildman–Crippen LogP) is -3.93. The minimum Gasteiger partial charge on any atom is -0.550 e. The molecule has 0 heterocycles. The molecule has 1 N–H and O–H groups in total. The number of carboxylic acid groups (broad SMARTS) is 1. The third kappa shape index (κ3) is 8.36. The summed E-state index contributed by atoms with van der Waals surface area (Å²) in [6.45, 7) is 2.51. The molecule has 0 aliphatic heterocycles. The van der Waals surface area contributed by atoms with Gasteiger partial charge in [-0.05, 0) is 6.92 Å². The zero-order chi connectivity index (χ0) is 7.28. The van der Waals surface area contributed by atoms with Gasteiger partial charge in [0.05, 0.1) is 4.99 Å². The van der Waals surface area contributed by atoms with Gasteiger partial charge in [0.1, 0.15) is 0 Å². The minimum absolute atomic E-state index is 0. The largest absolute Gasteiger partial charge is 1.00 e. The fourth-order valence-electron chi connectivity index (χ4n) is 0.391. The van der Waals surface area contributed by atoms with Crippen LogP contribution in [0.2, 0.25) is 0 Å². The number of carbonyl (C=O) groups is 1. The zero-order valence-electron chi connectivity index (χ0n) is 6.14. The fraction of sp³-hybridized carbons (Fsp3) is 0.600. The molecule has 0 aromatic heterocycles. The third-order valence-corrected chi connectivity index (χ3v) is 0.968. The van der Waals surface area contributed by atoms with E-state index in [1.54, 1.807) is 0 Å². The van der Waals surface area contributed by atoms with E-state index in [0.717, 1.165) is 0 Å². The van der Waals surface area contributed by atoms with Crippen LogP contribution in [-0.2, 0) is 4.79 Å². The SMILES string of the molecule is CCNC(=S)CC(=O)[O-].[Na+]. The van der Waals surface area contributed by atoms with Crippen LogP contribution >= 0.6 is 12.2 Å². The first-order chi connectivity index (χ1) is 4.16. The van der Waals surface area contributed by atoms with Crippen LogP contribution in [0.15, 0.2) is 0 Å². The molecule has 3 nitrogen and oxygen atoms in total. The van der Waals surface area contributed by atoms with Crippen LogP contribution in [0.25, 0.3) is 0 Å². The summed E-state index contributed by atoms with van der Waals surface area (Å²) in [6, 6.07) is 0. The van der Waals surface area contributed by atoms with Gasteiger partial charge >= 0.3 is 29.6 Å². The van der Waals surface area contributed by atoms with Gasteiger partial charge < -0.3 is 15.2 Å². The number of hydrogen-bond donors (Lipinski definition) is 1. The maximum atomic E-state index is 9.85. The first-order valence-corrected chi connectivity index (χ1v) is 3.04. The van der Waals surface area contributed by atoms with E-state index in [2.05, 4.69) is 17.5 Å². The summed E-state index contributed by atoms with van der Waals surface area (Å²) in [6.07, 6.45) is -0.177. The van der Waals surface area contributed by atoms with E-state index in [4.69, 9.17) is 0 Å². The van der Waals surface area contributed by atoms with Gasteiger partial charge in [-0.25, -0.2) is 0 Å². The van der Waals surface area contributed by atoms with Gasteiger partial charge in [0, 0.05) is 18.9 Å². The smallest absolute Gasteiger partial charge is 0.550 e. The molecule has 0 aliphatic rings. The Hall–Kier alpha value is 0.360. The van der Waals surface area contributed by atoms with E-state index in [1.165, 1.54) is 0 Å². The summed E-state index contributed by atoms with van der Waals surface area (Å²) in [5.74, 6) is -1.14. The van der Waals surface area contributed by atoms with Crippen molar-refractivity contribution in [2.75, 3.05) is 6.54 Å². The second kappa shape index (κ2) is 7.47. The van der Waals surface area contributed by atoms with Gasteiger partial charge in [-0.3, -0.25) is 0 Å². The molecule has 0 amide bonds. The molecule has 0 saturated carbocycles. The van der Waals surface area contributed by atoms with Crippen LogP contribution in [0.3, 0.4) is 0 Å². The van der Waals surface area contributed by atoms with Crippen LogP contribution in [0, 0.1) is 0 Å². The van der Waals surface area contributed by atoms with Crippen LogP contribution in [-0.4, -0.2) is 17.5 Å². The van der Waals surface area contributed by atoms with Crippen LogP contribution in [0.5, 0.6) is 0 Å². The standard InChI is InChI=1S/C5H9NO2S.Na/c1-2-6-4(9)3-5(7)8;/h2-3H2,1H3,(H,6,9)(H,7,8);/q;+1/p-1. The average Bonchev–Trinajstić information content (AvgIpc) is 1.63. The van der Waals surface area contributed by atoms with Crippen LogP contribution in [0.4, 0.5) is 0 Å². The van der Waals surface area contributed by atoms with Crippen molar-refractivity contribution in [1.82, 2.24) is 5.32 Å². The maximum Gasteiger partial charge on any atom is 1.00 e. The summed E-state index contributed by atoms with van der Waals surface area (Å²) in [4.78, 5) is 10.2. The Balaban J connectivity index is 0. The van der Waals surface area contributed by atoms with Gasteiger partial charge in [-0.2, -0.15) is 0 Å². The summed E-state index contributed by atoms with van der Waals surface area (Å²) >= 11 is 4.60. The minimum atomic E-state index is -1.14. The second-order valence-electron chi connectivity index (χ2n) is 1.50. The Kier molecular flexibility index (Phi) is 9.70. The van der Waals surface area contributed by atoms with Crippen molar-refractivity contribution in [3.63, 3.8) is 0 Å². The average molecular weight is 169 g/mol. The van der Waals surface area contributed by atoms with Crippen molar-refractivity contribution >= 4 is 23.2 Å². The monoisotopic (exact) mass is 169 g/mol. The van der Waals surface area contributed by atoms with Gasteiger partial charge in [-0.15, -0.1) is 0 Å². The number of rotatable bonds is 3. The Bertz CT molecular complexity index is 129. The van der Waals surface area contributed by atoms with Crippen molar-refractivity contribution in [3.05, 3.63) is 0 Å². The first kappa shape index (κ1) is 13.0. The predicted molar refractivity (Wildman–Crippen MR) is 35.9 cm³/mol. The molecule has 0 aromatic rings. The number of aliphatic carboxylic acids is 1. The van der Waals surface area contributed by atoms with Crippen molar-refractivity contribution in [2.24, 2.45) is 0 Å². The summed E-state index contributed by atoms with van der Waals surface area (Å²) in [5, 5.41) is 12.5. The molecule has 0 radical (unpaired) electrons. The van der Waals surface area contributed by atoms with Crippen molar-refractivity contribution in [3.8, 4) is 0 Å². The number of nitrogens with one attached hydrogen (secondary N) is 1. The van der Waals surface area contributed by atoms with E-state index < -0.39 is 5.97 Å². The first-order valence-electron chi connectivity index (χ1n) is 2.63. The van der Waals surface area contributed by atoms with E-state index in [-0.39, 0.29) is 36.0 Å². The Labute approximate surface area is 87.5 Å². The number of carboxylic acids is 1. The summed E-state index contributed by atoms with van der Waals surface area (Å²) in [5.41, 5.74) is 0. The van der Waals surface area contributed by atoms with Gasteiger partial charge in [0.25, 0.3) is 0 Å². The van der Waals surface area contributed by atoms with Crippen LogP contribution < -0.4 is 40.0 Å². The normalized spacial score (nSPS) is 7.70. The topological polar surface area (TPSA) is 52.2 Å². The molecule has 0 aromatic carbocycles. The summed E-state index contributed by atoms with van der Waals surface area (Å²) in [7, 11) is 0. The molecule has 0 unspecified atom stereocenters. The molecule has 52 valence electrons. The molecule has 0 rings (SSSR count). The van der Waals surface area contributed by atoms with Gasteiger partial charge in [-0.1, -0.05) is 12.2 Å². The molecule has 0 spiro atoms. The fourth-order valence-corrected chi connectivity index (χ4v) is 0.653. The molecular weight excluding hydrogens is 161 g/mol. The van der Waals surface area contributed by atoms with Crippen molar-refractivity contribution < 1.29 is 39.5 Å². The number of carbonyl (C=O) groups excluding carboxylic acids is 1. The Morgan fingerprint density at radius 3 is 2.50 bits per heavy atom. The molecule has 0 aliphatic carbocycles. The molecule has 5 heteroatoms. The Morgan fingerprint density at radius 2 is 2.20 bits per heavy atom. The maximum absolute atomic E-state index is 9.85. The molecule has 10 heavy (non-hydrogen) atoms. The summed E-state index contributed by atoms with van der Waals surface area (Å²) < 4.78 is 0. The molecule has 0 bridgehead atoms. The van der Waals surface area contributed by atoms with Crippen LogP contribution in [0.1, 0.15) is 13.3 Å². The zero-order valence-corrected chi connectivity index (χ0v) is 8.96. The quantitative estimate of drug-likeness (QED) is 0.346.